The predicted octanol–water partition coefficient (Wildman–Crippen LogP) is 4.99. The Labute approximate surface area is 133 Å². The summed E-state index contributed by atoms with van der Waals surface area (Å²) in [6, 6.07) is 19.7. The van der Waals surface area contributed by atoms with Crippen molar-refractivity contribution < 1.29 is 4.79 Å². The summed E-state index contributed by atoms with van der Waals surface area (Å²) in [7, 11) is 0. The topological polar surface area (TPSA) is 29.1 Å². The van der Waals surface area contributed by atoms with E-state index in [1.165, 1.54) is 0 Å². The van der Waals surface area contributed by atoms with Crippen LogP contribution in [0.2, 0.25) is 5.02 Å². The van der Waals surface area contributed by atoms with Gasteiger partial charge in [0.15, 0.2) is 0 Å². The predicted molar refractivity (Wildman–Crippen MR) is 91.9 cm³/mol. The molecule has 0 unspecified atom stereocenters. The van der Waals surface area contributed by atoms with Crippen LogP contribution in [0.4, 0.5) is 5.69 Å². The van der Waals surface area contributed by atoms with Crippen molar-refractivity contribution in [3.8, 4) is 0 Å². The fourth-order valence-electron chi connectivity index (χ4n) is 2.87. The second-order valence-corrected chi connectivity index (χ2v) is 5.65. The van der Waals surface area contributed by atoms with Crippen LogP contribution in [0.5, 0.6) is 0 Å². The number of halogens is 1. The molecular weight excluding hydrogens is 294 g/mol. The maximum atomic E-state index is 12.3. The average Bonchev–Trinajstić information content (AvgIpc) is 2.85. The maximum Gasteiger partial charge on any atom is 0.256 e. The summed E-state index contributed by atoms with van der Waals surface area (Å²) in [6.45, 7) is 0. The molecule has 0 aliphatic carbocycles. The molecular formula is C19H12ClNO. The van der Waals surface area contributed by atoms with E-state index >= 15 is 0 Å². The van der Waals surface area contributed by atoms with Gasteiger partial charge in [0, 0.05) is 5.56 Å². The third-order valence-corrected chi connectivity index (χ3v) is 4.21. The van der Waals surface area contributed by atoms with E-state index in [1.807, 2.05) is 42.5 Å². The molecule has 0 saturated carbocycles. The Balaban J connectivity index is 1.95. The number of anilines is 1. The molecule has 0 fully saturated rings. The molecule has 0 aromatic heterocycles. The molecule has 0 atom stereocenters. The first-order valence-electron chi connectivity index (χ1n) is 7.04. The summed E-state index contributed by atoms with van der Waals surface area (Å²) in [4.78, 5) is 12.3. The van der Waals surface area contributed by atoms with Gasteiger partial charge in [-0.3, -0.25) is 4.79 Å². The first-order chi connectivity index (χ1) is 10.7. The molecule has 3 aromatic carbocycles. The largest absolute Gasteiger partial charge is 0.321 e. The van der Waals surface area contributed by atoms with Crippen molar-refractivity contribution in [2.24, 2.45) is 0 Å². The fraction of sp³-hybridized carbons (Fsp3) is 0. The summed E-state index contributed by atoms with van der Waals surface area (Å²) in [5, 5.41) is 5.71. The van der Waals surface area contributed by atoms with Crippen molar-refractivity contribution in [2.45, 2.75) is 0 Å². The molecule has 1 aliphatic rings. The lowest BCUT2D eigenvalue weighted by Gasteiger charge is -2.04. The Kier molecular flexibility index (Phi) is 2.98. The number of rotatable bonds is 1. The quantitative estimate of drug-likeness (QED) is 0.631. The molecule has 0 saturated heterocycles. The Morgan fingerprint density at radius 3 is 2.59 bits per heavy atom. The second kappa shape index (κ2) is 5.00. The van der Waals surface area contributed by atoms with Crippen LogP contribution < -0.4 is 5.32 Å². The van der Waals surface area contributed by atoms with Gasteiger partial charge in [-0.1, -0.05) is 60.1 Å². The van der Waals surface area contributed by atoms with Crippen LogP contribution >= 0.6 is 11.6 Å². The monoisotopic (exact) mass is 305 g/mol. The summed E-state index contributed by atoms with van der Waals surface area (Å²) >= 11 is 6.28. The van der Waals surface area contributed by atoms with E-state index < -0.39 is 0 Å². The Bertz CT molecular complexity index is 938. The fourth-order valence-corrected chi connectivity index (χ4v) is 3.15. The molecule has 2 nitrogen and oxygen atoms in total. The van der Waals surface area contributed by atoms with Crippen LogP contribution in [0, 0.1) is 0 Å². The summed E-state index contributed by atoms with van der Waals surface area (Å²) < 4.78 is 0. The zero-order valence-corrected chi connectivity index (χ0v) is 12.4. The molecule has 22 heavy (non-hydrogen) atoms. The first-order valence-corrected chi connectivity index (χ1v) is 7.41. The highest BCUT2D eigenvalue weighted by molar-refractivity contribution is 6.41. The first kappa shape index (κ1) is 13.1. The van der Waals surface area contributed by atoms with Crippen LogP contribution in [0.25, 0.3) is 22.4 Å². The van der Waals surface area contributed by atoms with Crippen molar-refractivity contribution >= 4 is 45.6 Å². The van der Waals surface area contributed by atoms with Gasteiger partial charge in [-0.25, -0.2) is 0 Å². The molecule has 3 heteroatoms. The lowest BCUT2D eigenvalue weighted by molar-refractivity contribution is -0.110. The number of hydrogen-bond donors (Lipinski definition) is 1. The Hall–Kier alpha value is -2.58. The van der Waals surface area contributed by atoms with Gasteiger partial charge >= 0.3 is 0 Å². The average molecular weight is 306 g/mol. The van der Waals surface area contributed by atoms with Gasteiger partial charge in [0.25, 0.3) is 5.91 Å². The number of carbonyl (C=O) groups excluding carboxylic acids is 1. The van der Waals surface area contributed by atoms with Crippen LogP contribution in [0.15, 0.2) is 60.7 Å². The molecule has 106 valence electrons. The van der Waals surface area contributed by atoms with Crippen molar-refractivity contribution in [3.63, 3.8) is 0 Å². The van der Waals surface area contributed by atoms with Crippen LogP contribution in [-0.2, 0) is 4.79 Å². The maximum absolute atomic E-state index is 12.3. The lowest BCUT2D eigenvalue weighted by Crippen LogP contribution is -2.03. The minimum atomic E-state index is -0.115. The summed E-state index contributed by atoms with van der Waals surface area (Å²) in [6.07, 6.45) is 1.91. The number of amides is 1. The van der Waals surface area contributed by atoms with Gasteiger partial charge in [-0.2, -0.15) is 0 Å². The highest BCUT2D eigenvalue weighted by Gasteiger charge is 2.26. The number of carbonyl (C=O) groups is 1. The Morgan fingerprint density at radius 1 is 0.909 bits per heavy atom. The lowest BCUT2D eigenvalue weighted by atomic mass is 9.99. The number of hydrogen-bond acceptors (Lipinski definition) is 1. The SMILES string of the molecule is O=C1Nc2cccc(Cl)c2/C1=C/c1cccc2ccccc12. The number of nitrogens with one attached hydrogen (secondary N) is 1. The highest BCUT2D eigenvalue weighted by Crippen LogP contribution is 2.38. The zero-order valence-electron chi connectivity index (χ0n) is 11.6. The molecule has 0 spiro atoms. The van der Waals surface area contributed by atoms with Crippen molar-refractivity contribution in [1.29, 1.82) is 0 Å². The van der Waals surface area contributed by atoms with Gasteiger partial charge in [0.05, 0.1) is 16.3 Å². The van der Waals surface area contributed by atoms with Crippen molar-refractivity contribution in [3.05, 3.63) is 76.8 Å². The molecule has 1 amide bonds. The molecule has 4 rings (SSSR count). The molecule has 1 aliphatic heterocycles. The van der Waals surface area contributed by atoms with E-state index in [-0.39, 0.29) is 5.91 Å². The third kappa shape index (κ3) is 2.00. The normalized spacial score (nSPS) is 15.1. The van der Waals surface area contributed by atoms with Gasteiger partial charge in [0.2, 0.25) is 0 Å². The molecule has 1 heterocycles. The van der Waals surface area contributed by atoms with Crippen LogP contribution in [0.3, 0.4) is 0 Å². The Morgan fingerprint density at radius 2 is 1.68 bits per heavy atom. The smallest absolute Gasteiger partial charge is 0.256 e. The highest BCUT2D eigenvalue weighted by atomic mass is 35.5. The van der Waals surface area contributed by atoms with Gasteiger partial charge < -0.3 is 5.32 Å². The summed E-state index contributed by atoms with van der Waals surface area (Å²) in [5.41, 5.74) is 3.17. The van der Waals surface area contributed by atoms with E-state index in [0.717, 1.165) is 27.6 Å². The zero-order chi connectivity index (χ0) is 15.1. The van der Waals surface area contributed by atoms with Crippen LogP contribution in [0.1, 0.15) is 11.1 Å². The van der Waals surface area contributed by atoms with Gasteiger partial charge in [-0.15, -0.1) is 0 Å². The van der Waals surface area contributed by atoms with E-state index in [4.69, 9.17) is 11.6 Å². The van der Waals surface area contributed by atoms with Crippen LogP contribution in [-0.4, -0.2) is 5.91 Å². The molecule has 1 N–H and O–H groups in total. The van der Waals surface area contributed by atoms with E-state index in [1.54, 1.807) is 6.07 Å². The van der Waals surface area contributed by atoms with E-state index in [9.17, 15) is 4.79 Å². The molecule has 0 bridgehead atoms. The van der Waals surface area contributed by atoms with E-state index in [2.05, 4.69) is 23.5 Å². The standard InChI is InChI=1S/C19H12ClNO/c20-16-9-4-10-17-18(16)15(19(22)21-17)11-13-7-3-6-12-5-1-2-8-14(12)13/h1-11H,(H,21,22)/b15-11-. The van der Waals surface area contributed by atoms with Crippen molar-refractivity contribution in [2.75, 3.05) is 5.32 Å². The molecule has 3 aromatic rings. The second-order valence-electron chi connectivity index (χ2n) is 5.24. The van der Waals surface area contributed by atoms with Gasteiger partial charge in [-0.05, 0) is 34.5 Å². The number of fused-ring (bicyclic) bond motifs is 2. The number of benzene rings is 3. The summed E-state index contributed by atoms with van der Waals surface area (Å²) in [5.74, 6) is -0.115. The molecule has 0 radical (unpaired) electrons. The minimum Gasteiger partial charge on any atom is -0.321 e. The third-order valence-electron chi connectivity index (χ3n) is 3.90. The van der Waals surface area contributed by atoms with E-state index in [0.29, 0.717) is 10.6 Å². The minimum absolute atomic E-state index is 0.115. The van der Waals surface area contributed by atoms with Crippen molar-refractivity contribution in [1.82, 2.24) is 0 Å². The van der Waals surface area contributed by atoms with Gasteiger partial charge in [0.1, 0.15) is 0 Å².